The lowest BCUT2D eigenvalue weighted by molar-refractivity contribution is -0.127. The van der Waals surface area contributed by atoms with Crippen LogP contribution in [0.4, 0.5) is 0 Å². The predicted molar refractivity (Wildman–Crippen MR) is 77.2 cm³/mol. The zero-order chi connectivity index (χ0) is 15.4. The van der Waals surface area contributed by atoms with E-state index in [4.69, 9.17) is 9.47 Å². The van der Waals surface area contributed by atoms with Crippen LogP contribution in [0.1, 0.15) is 24.9 Å². The minimum absolute atomic E-state index is 0.0751. The number of hydrogen-bond acceptors (Lipinski definition) is 4. The van der Waals surface area contributed by atoms with Crippen molar-refractivity contribution < 1.29 is 19.1 Å². The predicted octanol–water partition coefficient (Wildman–Crippen LogP) is 1.02. The van der Waals surface area contributed by atoms with Crippen molar-refractivity contribution in [2.75, 3.05) is 20.8 Å². The molecule has 1 fully saturated rings. The second kappa shape index (κ2) is 6.47. The zero-order valence-corrected chi connectivity index (χ0v) is 12.4. The molecule has 6 heteroatoms. The van der Waals surface area contributed by atoms with E-state index in [-0.39, 0.29) is 30.2 Å². The lowest BCUT2D eigenvalue weighted by Crippen LogP contribution is -2.33. The fourth-order valence-corrected chi connectivity index (χ4v) is 2.33. The molecule has 1 saturated heterocycles. The van der Waals surface area contributed by atoms with E-state index in [1.165, 1.54) is 0 Å². The molecule has 1 aromatic rings. The van der Waals surface area contributed by atoms with Gasteiger partial charge in [0.25, 0.3) is 0 Å². The Hall–Kier alpha value is -2.24. The molecule has 2 atom stereocenters. The van der Waals surface area contributed by atoms with Gasteiger partial charge in [0, 0.05) is 13.0 Å². The summed E-state index contributed by atoms with van der Waals surface area (Å²) in [5.74, 6) is 0.781. The third-order valence-electron chi connectivity index (χ3n) is 3.61. The maximum Gasteiger partial charge on any atom is 0.225 e. The van der Waals surface area contributed by atoms with Crippen molar-refractivity contribution in [3.63, 3.8) is 0 Å². The van der Waals surface area contributed by atoms with E-state index in [0.717, 1.165) is 5.56 Å². The standard InChI is InChI=1S/C15H20N2O4/c1-9(17-15(19)11-7-14(18)16-8-11)10-4-5-12(20-2)13(6-10)21-3/h4-6,9,11H,7-8H2,1-3H3,(H,16,18)(H,17,19). The van der Waals surface area contributed by atoms with Crippen LogP contribution >= 0.6 is 0 Å². The van der Waals surface area contributed by atoms with Gasteiger partial charge in [-0.15, -0.1) is 0 Å². The molecule has 0 spiro atoms. The van der Waals surface area contributed by atoms with Crippen LogP contribution in [0.3, 0.4) is 0 Å². The van der Waals surface area contributed by atoms with Crippen LogP contribution in [0.5, 0.6) is 11.5 Å². The van der Waals surface area contributed by atoms with E-state index in [1.807, 2.05) is 19.1 Å². The number of nitrogens with one attached hydrogen (secondary N) is 2. The Bertz CT molecular complexity index is 544. The van der Waals surface area contributed by atoms with Gasteiger partial charge in [-0.2, -0.15) is 0 Å². The van der Waals surface area contributed by atoms with Crippen LogP contribution in [0.2, 0.25) is 0 Å². The second-order valence-electron chi connectivity index (χ2n) is 5.05. The van der Waals surface area contributed by atoms with Gasteiger partial charge in [-0.05, 0) is 24.6 Å². The third kappa shape index (κ3) is 3.45. The molecule has 1 aliphatic heterocycles. The van der Waals surface area contributed by atoms with E-state index in [1.54, 1.807) is 20.3 Å². The highest BCUT2D eigenvalue weighted by Gasteiger charge is 2.28. The minimum Gasteiger partial charge on any atom is -0.493 e. The molecular formula is C15H20N2O4. The smallest absolute Gasteiger partial charge is 0.225 e. The van der Waals surface area contributed by atoms with Crippen LogP contribution < -0.4 is 20.1 Å². The highest BCUT2D eigenvalue weighted by molar-refractivity contribution is 5.89. The first kappa shape index (κ1) is 15.2. The Morgan fingerprint density at radius 3 is 2.62 bits per heavy atom. The highest BCUT2D eigenvalue weighted by Crippen LogP contribution is 2.30. The van der Waals surface area contributed by atoms with Crippen LogP contribution in [-0.4, -0.2) is 32.6 Å². The minimum atomic E-state index is -0.292. The van der Waals surface area contributed by atoms with E-state index in [0.29, 0.717) is 18.0 Å². The average molecular weight is 292 g/mol. The topological polar surface area (TPSA) is 76.7 Å². The van der Waals surface area contributed by atoms with E-state index < -0.39 is 0 Å². The summed E-state index contributed by atoms with van der Waals surface area (Å²) >= 11 is 0. The quantitative estimate of drug-likeness (QED) is 0.849. The Kier molecular flexibility index (Phi) is 4.67. The molecule has 0 bridgehead atoms. The van der Waals surface area contributed by atoms with Crippen LogP contribution in [-0.2, 0) is 9.59 Å². The maximum atomic E-state index is 12.1. The van der Waals surface area contributed by atoms with Gasteiger partial charge in [0.2, 0.25) is 11.8 Å². The largest absolute Gasteiger partial charge is 0.493 e. The van der Waals surface area contributed by atoms with E-state index in [9.17, 15) is 9.59 Å². The lowest BCUT2D eigenvalue weighted by atomic mass is 10.0. The Morgan fingerprint density at radius 2 is 2.05 bits per heavy atom. The molecular weight excluding hydrogens is 272 g/mol. The maximum absolute atomic E-state index is 12.1. The molecule has 114 valence electrons. The van der Waals surface area contributed by atoms with Crippen LogP contribution in [0.25, 0.3) is 0 Å². The number of methoxy groups -OCH3 is 2. The first-order chi connectivity index (χ1) is 10.0. The number of benzene rings is 1. The van der Waals surface area contributed by atoms with Crippen LogP contribution in [0.15, 0.2) is 18.2 Å². The van der Waals surface area contributed by atoms with Crippen molar-refractivity contribution in [2.24, 2.45) is 5.92 Å². The van der Waals surface area contributed by atoms with E-state index in [2.05, 4.69) is 10.6 Å². The molecule has 1 aliphatic rings. The first-order valence-corrected chi connectivity index (χ1v) is 6.84. The summed E-state index contributed by atoms with van der Waals surface area (Å²) in [4.78, 5) is 23.2. The van der Waals surface area contributed by atoms with Crippen molar-refractivity contribution >= 4 is 11.8 Å². The molecule has 2 rings (SSSR count). The van der Waals surface area contributed by atoms with Crippen molar-refractivity contribution in [1.29, 1.82) is 0 Å². The number of hydrogen-bond donors (Lipinski definition) is 2. The fraction of sp³-hybridized carbons (Fsp3) is 0.467. The van der Waals surface area contributed by atoms with E-state index >= 15 is 0 Å². The Morgan fingerprint density at radius 1 is 1.33 bits per heavy atom. The number of rotatable bonds is 5. The molecule has 21 heavy (non-hydrogen) atoms. The molecule has 2 unspecified atom stereocenters. The summed E-state index contributed by atoms with van der Waals surface area (Å²) in [5, 5.41) is 5.58. The van der Waals surface area contributed by atoms with Gasteiger partial charge in [0.1, 0.15) is 0 Å². The average Bonchev–Trinajstić information content (AvgIpc) is 2.93. The van der Waals surface area contributed by atoms with Crippen molar-refractivity contribution in [3.05, 3.63) is 23.8 Å². The molecule has 0 saturated carbocycles. The van der Waals surface area contributed by atoms with Gasteiger partial charge in [0.15, 0.2) is 11.5 Å². The lowest BCUT2D eigenvalue weighted by Gasteiger charge is -2.18. The highest BCUT2D eigenvalue weighted by atomic mass is 16.5. The zero-order valence-electron chi connectivity index (χ0n) is 12.4. The molecule has 2 N–H and O–H groups in total. The van der Waals surface area contributed by atoms with Gasteiger partial charge < -0.3 is 20.1 Å². The Labute approximate surface area is 123 Å². The summed E-state index contributed by atoms with van der Waals surface area (Å²) in [7, 11) is 3.15. The van der Waals surface area contributed by atoms with Gasteiger partial charge in [0.05, 0.1) is 26.2 Å². The fourth-order valence-electron chi connectivity index (χ4n) is 2.33. The number of ether oxygens (including phenoxy) is 2. The monoisotopic (exact) mass is 292 g/mol. The normalized spacial score (nSPS) is 18.8. The van der Waals surface area contributed by atoms with Crippen LogP contribution in [0, 0.1) is 5.92 Å². The van der Waals surface area contributed by atoms with Gasteiger partial charge in [-0.1, -0.05) is 6.07 Å². The van der Waals surface area contributed by atoms with Gasteiger partial charge >= 0.3 is 0 Å². The second-order valence-corrected chi connectivity index (χ2v) is 5.05. The number of carbonyl (C=O) groups excluding carboxylic acids is 2. The SMILES string of the molecule is COc1ccc(C(C)NC(=O)C2CNC(=O)C2)cc1OC. The molecule has 0 aliphatic carbocycles. The molecule has 0 aromatic heterocycles. The molecule has 6 nitrogen and oxygen atoms in total. The first-order valence-electron chi connectivity index (χ1n) is 6.84. The van der Waals surface area contributed by atoms with Gasteiger partial charge in [-0.25, -0.2) is 0 Å². The number of carbonyl (C=O) groups is 2. The van der Waals surface area contributed by atoms with Crippen molar-refractivity contribution in [2.45, 2.75) is 19.4 Å². The molecule has 0 radical (unpaired) electrons. The number of amides is 2. The van der Waals surface area contributed by atoms with Crippen molar-refractivity contribution in [3.8, 4) is 11.5 Å². The molecule has 1 aromatic carbocycles. The molecule has 2 amide bonds. The molecule has 1 heterocycles. The Balaban J connectivity index is 2.04. The third-order valence-corrected chi connectivity index (χ3v) is 3.61. The summed E-state index contributed by atoms with van der Waals surface area (Å²) in [6.07, 6.45) is 0.254. The van der Waals surface area contributed by atoms with Crippen molar-refractivity contribution in [1.82, 2.24) is 10.6 Å². The summed E-state index contributed by atoms with van der Waals surface area (Å²) < 4.78 is 10.4. The van der Waals surface area contributed by atoms with Gasteiger partial charge in [-0.3, -0.25) is 9.59 Å². The summed E-state index contributed by atoms with van der Waals surface area (Å²) in [6.45, 7) is 2.30. The summed E-state index contributed by atoms with van der Waals surface area (Å²) in [5.41, 5.74) is 0.915. The summed E-state index contributed by atoms with van der Waals surface area (Å²) in [6, 6.07) is 5.34.